The highest BCUT2D eigenvalue weighted by Crippen LogP contribution is 2.22. The van der Waals surface area contributed by atoms with Crippen LogP contribution in [0.3, 0.4) is 0 Å². The predicted molar refractivity (Wildman–Crippen MR) is 91.7 cm³/mol. The minimum absolute atomic E-state index is 0.00267. The zero-order chi connectivity index (χ0) is 17.0. The van der Waals surface area contributed by atoms with Gasteiger partial charge in [0.2, 0.25) is 0 Å². The van der Waals surface area contributed by atoms with Crippen molar-refractivity contribution in [2.45, 2.75) is 32.6 Å². The molecule has 0 spiro atoms. The van der Waals surface area contributed by atoms with E-state index in [0.717, 1.165) is 30.6 Å². The smallest absolute Gasteiger partial charge is 0.317 e. The first kappa shape index (κ1) is 17.8. The summed E-state index contributed by atoms with van der Waals surface area (Å²) in [5, 5.41) is 2.92. The number of rotatable bonds is 4. The average molecular weight is 338 g/mol. The van der Waals surface area contributed by atoms with Gasteiger partial charge >= 0.3 is 6.03 Å². The lowest BCUT2D eigenvalue weighted by Crippen LogP contribution is -2.46. The number of nitrogens with one attached hydrogen (secondary N) is 1. The minimum Gasteiger partial charge on any atom is -0.334 e. The van der Waals surface area contributed by atoms with E-state index >= 15 is 0 Å². The van der Waals surface area contributed by atoms with Gasteiger partial charge in [0.15, 0.2) is 9.84 Å². The fourth-order valence-electron chi connectivity index (χ4n) is 2.88. The lowest BCUT2D eigenvalue weighted by molar-refractivity contribution is 0.144. The van der Waals surface area contributed by atoms with Crippen molar-refractivity contribution in [1.29, 1.82) is 0 Å². The van der Waals surface area contributed by atoms with Gasteiger partial charge in [-0.3, -0.25) is 0 Å². The third-order valence-electron chi connectivity index (χ3n) is 4.59. The molecule has 0 saturated carbocycles. The van der Waals surface area contributed by atoms with Gasteiger partial charge in [-0.15, -0.1) is 0 Å². The van der Waals surface area contributed by atoms with E-state index in [9.17, 15) is 13.2 Å². The van der Waals surface area contributed by atoms with Crippen molar-refractivity contribution in [3.8, 4) is 0 Å². The molecular weight excluding hydrogens is 312 g/mol. The van der Waals surface area contributed by atoms with E-state index in [4.69, 9.17) is 0 Å². The van der Waals surface area contributed by atoms with Crippen LogP contribution in [0.1, 0.15) is 31.4 Å². The Morgan fingerprint density at radius 3 is 2.48 bits per heavy atom. The van der Waals surface area contributed by atoms with Gasteiger partial charge in [0.05, 0.1) is 5.75 Å². The maximum Gasteiger partial charge on any atom is 0.317 e. The van der Waals surface area contributed by atoms with Crippen LogP contribution >= 0.6 is 0 Å². The number of urea groups is 1. The fraction of sp³-hybridized carbons (Fsp3) is 0.588. The van der Waals surface area contributed by atoms with E-state index in [1.54, 1.807) is 6.07 Å². The van der Waals surface area contributed by atoms with Crippen LogP contribution < -0.4 is 5.32 Å². The Morgan fingerprint density at radius 1 is 1.22 bits per heavy atom. The Balaban J connectivity index is 1.97. The van der Waals surface area contributed by atoms with Crippen molar-refractivity contribution >= 4 is 15.9 Å². The number of carbonyl (C=O) groups is 1. The number of likely N-dealkylation sites (tertiary alicyclic amines) is 1. The highest BCUT2D eigenvalue weighted by atomic mass is 32.2. The predicted octanol–water partition coefficient (Wildman–Crippen LogP) is 2.42. The zero-order valence-electron chi connectivity index (χ0n) is 14.1. The van der Waals surface area contributed by atoms with E-state index in [2.05, 4.69) is 19.2 Å². The van der Waals surface area contributed by atoms with Crippen molar-refractivity contribution in [2.75, 3.05) is 19.3 Å². The number of hydrogen-bond acceptors (Lipinski definition) is 3. The van der Waals surface area contributed by atoms with Gasteiger partial charge in [0, 0.05) is 25.9 Å². The Kier molecular flexibility index (Phi) is 5.68. The first-order chi connectivity index (χ1) is 10.8. The number of benzene rings is 1. The van der Waals surface area contributed by atoms with Crippen LogP contribution in [0, 0.1) is 11.8 Å². The molecule has 0 bridgehead atoms. The molecule has 1 fully saturated rings. The standard InChI is InChI=1S/C17H26N2O3S/c1-13-8-9-19(11-14(13)2)17(20)18-10-15-6-4-5-7-16(15)12-23(3,21)22/h4-7,13-14H,8-12H2,1-3H3,(H,18,20)/t13-,14-/m0/s1. The first-order valence-electron chi connectivity index (χ1n) is 8.03. The maximum absolute atomic E-state index is 12.3. The lowest BCUT2D eigenvalue weighted by atomic mass is 9.89. The minimum atomic E-state index is -3.10. The molecule has 1 aliphatic heterocycles. The highest BCUT2D eigenvalue weighted by Gasteiger charge is 2.25. The molecular formula is C17H26N2O3S. The summed E-state index contributed by atoms with van der Waals surface area (Å²) in [6, 6.07) is 7.27. The number of carbonyl (C=O) groups excluding carboxylic acids is 1. The summed E-state index contributed by atoms with van der Waals surface area (Å²) in [6.07, 6.45) is 2.25. The topological polar surface area (TPSA) is 66.5 Å². The second kappa shape index (κ2) is 7.34. The van der Waals surface area contributed by atoms with Gasteiger partial charge in [0.25, 0.3) is 0 Å². The largest absolute Gasteiger partial charge is 0.334 e. The molecule has 1 N–H and O–H groups in total. The number of nitrogens with zero attached hydrogens (tertiary/aromatic N) is 1. The molecule has 23 heavy (non-hydrogen) atoms. The molecule has 128 valence electrons. The van der Waals surface area contributed by atoms with Crippen LogP contribution in [-0.2, 0) is 22.1 Å². The SMILES string of the molecule is C[C@H]1CCN(C(=O)NCc2ccccc2CS(C)(=O)=O)C[C@@H]1C. The van der Waals surface area contributed by atoms with Crippen LogP contribution in [0.4, 0.5) is 4.79 Å². The Bertz CT molecular complexity index is 658. The Morgan fingerprint density at radius 2 is 1.87 bits per heavy atom. The van der Waals surface area contributed by atoms with Crippen molar-refractivity contribution in [1.82, 2.24) is 10.2 Å². The molecule has 0 aromatic heterocycles. The van der Waals surface area contributed by atoms with E-state index in [1.807, 2.05) is 23.1 Å². The van der Waals surface area contributed by atoms with E-state index in [-0.39, 0.29) is 11.8 Å². The average Bonchev–Trinajstić information content (AvgIpc) is 2.47. The van der Waals surface area contributed by atoms with Crippen LogP contribution in [-0.4, -0.2) is 38.7 Å². The molecule has 0 unspecified atom stereocenters. The van der Waals surface area contributed by atoms with Crippen molar-refractivity contribution < 1.29 is 13.2 Å². The van der Waals surface area contributed by atoms with Crippen LogP contribution in [0.25, 0.3) is 0 Å². The van der Waals surface area contributed by atoms with Gasteiger partial charge in [0.1, 0.15) is 0 Å². The van der Waals surface area contributed by atoms with Gasteiger partial charge in [-0.2, -0.15) is 0 Å². The number of sulfone groups is 1. The molecule has 2 rings (SSSR count). The molecule has 1 aromatic rings. The first-order valence-corrected chi connectivity index (χ1v) is 10.1. The summed E-state index contributed by atoms with van der Waals surface area (Å²) in [4.78, 5) is 14.2. The third kappa shape index (κ3) is 5.23. The number of amides is 2. The molecule has 0 radical (unpaired) electrons. The monoisotopic (exact) mass is 338 g/mol. The van der Waals surface area contributed by atoms with Crippen LogP contribution in [0.5, 0.6) is 0 Å². The van der Waals surface area contributed by atoms with E-state index in [0.29, 0.717) is 18.4 Å². The summed E-state index contributed by atoms with van der Waals surface area (Å²) in [6.45, 7) is 6.30. The molecule has 1 aliphatic rings. The summed E-state index contributed by atoms with van der Waals surface area (Å²) in [5.74, 6) is 1.15. The van der Waals surface area contributed by atoms with E-state index < -0.39 is 9.84 Å². The van der Waals surface area contributed by atoms with Gasteiger partial charge < -0.3 is 10.2 Å². The summed E-state index contributed by atoms with van der Waals surface area (Å²) >= 11 is 0. The Hall–Kier alpha value is -1.56. The lowest BCUT2D eigenvalue weighted by Gasteiger charge is -2.35. The highest BCUT2D eigenvalue weighted by molar-refractivity contribution is 7.89. The maximum atomic E-state index is 12.3. The molecule has 5 nitrogen and oxygen atoms in total. The quantitative estimate of drug-likeness (QED) is 0.917. The fourth-order valence-corrected chi connectivity index (χ4v) is 3.73. The summed E-state index contributed by atoms with van der Waals surface area (Å²) < 4.78 is 23.0. The van der Waals surface area contributed by atoms with Crippen LogP contribution in [0.15, 0.2) is 24.3 Å². The van der Waals surface area contributed by atoms with E-state index in [1.165, 1.54) is 6.26 Å². The van der Waals surface area contributed by atoms with Gasteiger partial charge in [-0.1, -0.05) is 38.1 Å². The number of piperidine rings is 1. The molecule has 1 aromatic carbocycles. The Labute approximate surface area is 139 Å². The van der Waals surface area contributed by atoms with Crippen molar-refractivity contribution in [2.24, 2.45) is 11.8 Å². The molecule has 2 amide bonds. The third-order valence-corrected chi connectivity index (χ3v) is 5.42. The zero-order valence-corrected chi connectivity index (χ0v) is 14.9. The second-order valence-electron chi connectivity index (χ2n) is 6.69. The molecule has 1 heterocycles. The summed E-state index contributed by atoms with van der Waals surface area (Å²) in [7, 11) is -3.10. The van der Waals surface area contributed by atoms with Gasteiger partial charge in [-0.05, 0) is 29.4 Å². The molecule has 2 atom stereocenters. The number of hydrogen-bond donors (Lipinski definition) is 1. The molecule has 6 heteroatoms. The van der Waals surface area contributed by atoms with Crippen LogP contribution in [0.2, 0.25) is 0 Å². The van der Waals surface area contributed by atoms with Crippen molar-refractivity contribution in [3.63, 3.8) is 0 Å². The van der Waals surface area contributed by atoms with Gasteiger partial charge in [-0.25, -0.2) is 13.2 Å². The second-order valence-corrected chi connectivity index (χ2v) is 8.83. The van der Waals surface area contributed by atoms with Crippen molar-refractivity contribution in [3.05, 3.63) is 35.4 Å². The molecule has 0 aliphatic carbocycles. The normalized spacial score (nSPS) is 22.0. The summed E-state index contributed by atoms with van der Waals surface area (Å²) in [5.41, 5.74) is 1.60. The molecule has 1 saturated heterocycles.